The lowest BCUT2D eigenvalue weighted by molar-refractivity contribution is -0.147. The monoisotopic (exact) mass is 632 g/mol. The van der Waals surface area contributed by atoms with Crippen molar-refractivity contribution in [1.82, 2.24) is 25.0 Å². The zero-order chi connectivity index (χ0) is 30.9. The summed E-state index contributed by atoms with van der Waals surface area (Å²) in [5.41, 5.74) is 0.456. The maximum atomic E-state index is 13.9. The number of carboxylic acids is 1. The van der Waals surface area contributed by atoms with Gasteiger partial charge in [0.05, 0.1) is 24.1 Å². The van der Waals surface area contributed by atoms with Crippen LogP contribution in [0.3, 0.4) is 0 Å². The highest BCUT2D eigenvalue weighted by Crippen LogP contribution is 2.37. The van der Waals surface area contributed by atoms with Crippen LogP contribution in [0.25, 0.3) is 0 Å². The molecule has 11 nitrogen and oxygen atoms in total. The minimum Gasteiger partial charge on any atom is -0.481 e. The Kier molecular flexibility index (Phi) is 9.04. The lowest BCUT2D eigenvalue weighted by Gasteiger charge is -2.38. The van der Waals surface area contributed by atoms with Crippen molar-refractivity contribution in [2.45, 2.75) is 38.8 Å². The largest absolute Gasteiger partial charge is 0.481 e. The number of aliphatic imine (C=N–C) groups is 1. The SMILES string of the molecule is COC(=O)C1=C(CN2CCN3C(=O)N(CCCC(C)(C)C(=O)O)CC3C2)NC(c2nccs2)=N[C@H]1c1ccc(F)cc1Cl. The molecule has 5 rings (SSSR count). The molecule has 1 aromatic heterocycles. The van der Waals surface area contributed by atoms with Crippen molar-refractivity contribution < 1.29 is 28.6 Å². The highest BCUT2D eigenvalue weighted by Gasteiger charge is 2.42. The predicted octanol–water partition coefficient (Wildman–Crippen LogP) is 3.77. The molecule has 2 fully saturated rings. The van der Waals surface area contributed by atoms with E-state index in [0.29, 0.717) is 74.2 Å². The number of ether oxygens (including phenoxy) is 1. The molecule has 1 unspecified atom stereocenters. The third-order valence-electron chi connectivity index (χ3n) is 8.13. The van der Waals surface area contributed by atoms with E-state index in [1.807, 2.05) is 10.3 Å². The Balaban J connectivity index is 1.36. The third-order valence-corrected chi connectivity index (χ3v) is 9.24. The number of nitrogens with zero attached hydrogens (tertiary/aromatic N) is 5. The standard InChI is InChI=1S/C29H34ClFN6O5S/c1-29(2,27(39)40)7-4-9-36-15-18-14-35(10-11-37(18)28(36)41)16-21-22(26(38)42-3)23(19-6-5-17(31)13-20(19)30)34-24(33-21)25-32-8-12-43-25/h5-6,8,12-13,18,23H,4,7,9-11,14-16H2,1-3H3,(H,33,34)(H,39,40)/t18?,23-/m0/s1. The van der Waals surface area contributed by atoms with Gasteiger partial charge in [-0.05, 0) is 38.8 Å². The van der Waals surface area contributed by atoms with Crippen LogP contribution in [0.5, 0.6) is 0 Å². The molecule has 2 aromatic rings. The van der Waals surface area contributed by atoms with Crippen molar-refractivity contribution in [2.24, 2.45) is 10.4 Å². The number of halogens is 2. The Labute approximate surface area is 258 Å². The van der Waals surface area contributed by atoms with Crippen molar-refractivity contribution >= 4 is 46.7 Å². The van der Waals surface area contributed by atoms with Gasteiger partial charge in [0.2, 0.25) is 0 Å². The highest BCUT2D eigenvalue weighted by atomic mass is 35.5. The molecule has 2 amide bonds. The number of carboxylic acid groups (broad SMARTS) is 1. The first-order chi connectivity index (χ1) is 20.5. The molecule has 0 radical (unpaired) electrons. The molecule has 0 aliphatic carbocycles. The molecule has 3 aliphatic rings. The second-order valence-corrected chi connectivity index (χ2v) is 12.8. The predicted molar refractivity (Wildman–Crippen MR) is 160 cm³/mol. The summed E-state index contributed by atoms with van der Waals surface area (Å²) in [6.45, 7) is 6.43. The van der Waals surface area contributed by atoms with E-state index in [4.69, 9.17) is 21.3 Å². The van der Waals surface area contributed by atoms with E-state index in [0.717, 1.165) is 0 Å². The molecule has 14 heteroatoms. The zero-order valence-electron chi connectivity index (χ0n) is 24.2. The zero-order valence-corrected chi connectivity index (χ0v) is 25.8. The van der Waals surface area contributed by atoms with Crippen LogP contribution in [0.4, 0.5) is 9.18 Å². The number of benzene rings is 1. The highest BCUT2D eigenvalue weighted by molar-refractivity contribution is 7.11. The van der Waals surface area contributed by atoms with Gasteiger partial charge in [0.25, 0.3) is 0 Å². The molecule has 230 valence electrons. The summed E-state index contributed by atoms with van der Waals surface area (Å²) in [4.78, 5) is 52.8. The van der Waals surface area contributed by atoms with Crippen LogP contribution in [0, 0.1) is 11.2 Å². The number of fused-ring (bicyclic) bond motifs is 1. The minimum atomic E-state index is -0.851. The maximum Gasteiger partial charge on any atom is 0.338 e. The number of aliphatic carboxylic acids is 1. The van der Waals surface area contributed by atoms with Gasteiger partial charge in [0, 0.05) is 67.1 Å². The second kappa shape index (κ2) is 12.6. The van der Waals surface area contributed by atoms with Crippen LogP contribution in [0.1, 0.15) is 43.3 Å². The first kappa shape index (κ1) is 30.9. The molecule has 0 spiro atoms. The minimum absolute atomic E-state index is 0.0350. The molecule has 0 saturated carbocycles. The van der Waals surface area contributed by atoms with Crippen molar-refractivity contribution in [3.05, 3.63) is 62.5 Å². The molecule has 0 bridgehead atoms. The molecule has 3 aliphatic heterocycles. The quantitative estimate of drug-likeness (QED) is 0.379. The van der Waals surface area contributed by atoms with E-state index in [9.17, 15) is 23.9 Å². The maximum absolute atomic E-state index is 13.9. The molecular weight excluding hydrogens is 599 g/mol. The fourth-order valence-corrected chi connectivity index (χ4v) is 6.54. The van der Waals surface area contributed by atoms with Gasteiger partial charge in [-0.1, -0.05) is 17.7 Å². The first-order valence-electron chi connectivity index (χ1n) is 14.0. The summed E-state index contributed by atoms with van der Waals surface area (Å²) in [6.07, 6.45) is 2.73. The van der Waals surface area contributed by atoms with Crippen molar-refractivity contribution in [2.75, 3.05) is 46.4 Å². The van der Waals surface area contributed by atoms with Gasteiger partial charge in [-0.15, -0.1) is 11.3 Å². The van der Waals surface area contributed by atoms with Crippen LogP contribution in [-0.2, 0) is 14.3 Å². The number of carbonyl (C=O) groups excluding carboxylic acids is 2. The molecular formula is C29H34ClFN6O5S. The number of urea groups is 1. The molecule has 2 saturated heterocycles. The average molecular weight is 633 g/mol. The molecule has 2 atom stereocenters. The van der Waals surface area contributed by atoms with Crippen LogP contribution >= 0.6 is 22.9 Å². The van der Waals surface area contributed by atoms with E-state index in [2.05, 4.69) is 15.2 Å². The van der Waals surface area contributed by atoms with E-state index in [-0.39, 0.29) is 22.7 Å². The summed E-state index contributed by atoms with van der Waals surface area (Å²) in [5.74, 6) is -1.47. The summed E-state index contributed by atoms with van der Waals surface area (Å²) in [7, 11) is 1.30. The van der Waals surface area contributed by atoms with Crippen LogP contribution in [0.2, 0.25) is 5.02 Å². The lowest BCUT2D eigenvalue weighted by Crippen LogP contribution is -2.53. The van der Waals surface area contributed by atoms with Crippen molar-refractivity contribution in [3.63, 3.8) is 0 Å². The number of hydrogen-bond acceptors (Lipinski definition) is 9. The normalized spacial score (nSPS) is 21.0. The number of esters is 1. The molecule has 1 aromatic carbocycles. The molecule has 2 N–H and O–H groups in total. The molecule has 43 heavy (non-hydrogen) atoms. The number of hydrogen-bond donors (Lipinski definition) is 2. The fourth-order valence-electron chi connectivity index (χ4n) is 5.68. The topological polar surface area (TPSA) is 128 Å². The summed E-state index contributed by atoms with van der Waals surface area (Å²) in [5, 5.41) is 15.3. The second-order valence-electron chi connectivity index (χ2n) is 11.5. The average Bonchev–Trinajstić information content (AvgIpc) is 3.61. The Morgan fingerprint density at radius 3 is 2.74 bits per heavy atom. The Hall–Kier alpha value is -3.55. The van der Waals surface area contributed by atoms with Crippen LogP contribution < -0.4 is 5.32 Å². The number of rotatable bonds is 10. The van der Waals surface area contributed by atoms with Crippen molar-refractivity contribution in [3.8, 4) is 0 Å². The number of thiazole rings is 1. The Bertz CT molecular complexity index is 1470. The number of methoxy groups -OCH3 is 1. The number of carbonyl (C=O) groups is 3. The fraction of sp³-hybridized carbons (Fsp3) is 0.483. The van der Waals surface area contributed by atoms with Gasteiger partial charge in [-0.25, -0.2) is 19.0 Å². The smallest absolute Gasteiger partial charge is 0.338 e. The van der Waals surface area contributed by atoms with Crippen molar-refractivity contribution in [1.29, 1.82) is 0 Å². The van der Waals surface area contributed by atoms with Crippen LogP contribution in [-0.4, -0.2) is 101 Å². The summed E-state index contributed by atoms with van der Waals surface area (Å²) >= 11 is 7.84. The van der Waals surface area contributed by atoms with E-state index >= 15 is 0 Å². The number of aromatic nitrogens is 1. The number of amides is 2. The summed E-state index contributed by atoms with van der Waals surface area (Å²) in [6, 6.07) is 3.06. The van der Waals surface area contributed by atoms with Gasteiger partial charge in [-0.3, -0.25) is 14.7 Å². The van der Waals surface area contributed by atoms with E-state index in [1.54, 1.807) is 24.9 Å². The van der Waals surface area contributed by atoms with E-state index < -0.39 is 29.2 Å². The summed E-state index contributed by atoms with van der Waals surface area (Å²) < 4.78 is 19.1. The van der Waals surface area contributed by atoms with Gasteiger partial charge in [0.15, 0.2) is 10.8 Å². The van der Waals surface area contributed by atoms with Gasteiger partial charge < -0.3 is 25.0 Å². The van der Waals surface area contributed by atoms with Gasteiger partial charge in [0.1, 0.15) is 11.9 Å². The molecule has 4 heterocycles. The van der Waals surface area contributed by atoms with Gasteiger partial charge in [-0.2, -0.15) is 0 Å². The number of amidine groups is 1. The van der Waals surface area contributed by atoms with Gasteiger partial charge >= 0.3 is 18.0 Å². The van der Waals surface area contributed by atoms with E-state index in [1.165, 1.54) is 36.6 Å². The Morgan fingerprint density at radius 1 is 1.28 bits per heavy atom. The Morgan fingerprint density at radius 2 is 2.07 bits per heavy atom. The first-order valence-corrected chi connectivity index (χ1v) is 15.3. The number of nitrogens with one attached hydrogen (secondary N) is 1. The number of piperazine rings is 1. The third kappa shape index (κ3) is 6.53. The lowest BCUT2D eigenvalue weighted by atomic mass is 9.88. The van der Waals surface area contributed by atoms with Crippen LogP contribution in [0.15, 0.2) is 46.0 Å².